The molecule has 0 radical (unpaired) electrons. The Morgan fingerprint density at radius 3 is 2.57 bits per heavy atom. The van der Waals surface area contributed by atoms with E-state index in [4.69, 9.17) is 0 Å². The fourth-order valence-electron chi connectivity index (χ4n) is 1.25. The molecule has 0 bridgehead atoms. The van der Waals surface area contributed by atoms with E-state index in [-0.39, 0.29) is 6.03 Å². The molecular formula is C10H21N3O. The molecule has 0 aliphatic heterocycles. The summed E-state index contributed by atoms with van der Waals surface area (Å²) in [5, 5.41) is 6.13. The average molecular weight is 199 g/mol. The summed E-state index contributed by atoms with van der Waals surface area (Å²) < 4.78 is 0. The van der Waals surface area contributed by atoms with E-state index < -0.39 is 0 Å². The summed E-state index contributed by atoms with van der Waals surface area (Å²) in [6.45, 7) is 2.66. The molecule has 0 atom stereocenters. The van der Waals surface area contributed by atoms with Crippen LogP contribution in [-0.4, -0.2) is 44.7 Å². The van der Waals surface area contributed by atoms with Crippen molar-refractivity contribution in [1.82, 2.24) is 15.5 Å². The monoisotopic (exact) mass is 199 g/mol. The van der Waals surface area contributed by atoms with Crippen molar-refractivity contribution in [3.8, 4) is 0 Å². The number of carbonyl (C=O) groups excluding carboxylic acids is 1. The van der Waals surface area contributed by atoms with Gasteiger partial charge in [-0.2, -0.15) is 0 Å². The van der Waals surface area contributed by atoms with E-state index in [9.17, 15) is 4.79 Å². The number of carbonyl (C=O) groups is 1. The third-order valence-corrected chi connectivity index (χ3v) is 2.41. The van der Waals surface area contributed by atoms with Crippen LogP contribution < -0.4 is 10.6 Å². The van der Waals surface area contributed by atoms with Crippen molar-refractivity contribution >= 4 is 6.03 Å². The van der Waals surface area contributed by atoms with E-state index in [2.05, 4.69) is 10.6 Å². The fourth-order valence-corrected chi connectivity index (χ4v) is 1.25. The summed E-state index contributed by atoms with van der Waals surface area (Å²) in [7, 11) is 3.49. The summed E-state index contributed by atoms with van der Waals surface area (Å²) in [5.41, 5.74) is 0. The lowest BCUT2D eigenvalue weighted by Gasteiger charge is -2.12. The molecule has 0 heterocycles. The normalized spacial score (nSPS) is 15.3. The number of nitrogens with zero attached hydrogens (tertiary/aromatic N) is 1. The third kappa shape index (κ3) is 5.07. The number of nitrogens with one attached hydrogen (secondary N) is 2. The minimum absolute atomic E-state index is 0.0195. The molecule has 1 aliphatic carbocycles. The Morgan fingerprint density at radius 1 is 1.29 bits per heavy atom. The van der Waals surface area contributed by atoms with E-state index >= 15 is 0 Å². The van der Waals surface area contributed by atoms with Gasteiger partial charge >= 0.3 is 6.03 Å². The van der Waals surface area contributed by atoms with Crippen molar-refractivity contribution in [2.45, 2.75) is 19.3 Å². The highest BCUT2D eigenvalue weighted by molar-refractivity contribution is 5.73. The lowest BCUT2D eigenvalue weighted by molar-refractivity contribution is 0.217. The maximum Gasteiger partial charge on any atom is 0.316 e. The van der Waals surface area contributed by atoms with Crippen molar-refractivity contribution in [3.05, 3.63) is 0 Å². The Morgan fingerprint density at radius 2 is 2.00 bits per heavy atom. The molecule has 0 aromatic rings. The first kappa shape index (κ1) is 11.3. The van der Waals surface area contributed by atoms with Crippen molar-refractivity contribution in [2.24, 2.45) is 5.92 Å². The largest absolute Gasteiger partial charge is 0.337 e. The molecule has 1 rings (SSSR count). The van der Waals surface area contributed by atoms with Crippen LogP contribution in [0.15, 0.2) is 0 Å². The van der Waals surface area contributed by atoms with Crippen LogP contribution >= 0.6 is 0 Å². The van der Waals surface area contributed by atoms with E-state index in [0.717, 1.165) is 19.0 Å². The topological polar surface area (TPSA) is 44.4 Å². The zero-order chi connectivity index (χ0) is 10.4. The first-order chi connectivity index (χ1) is 6.70. The van der Waals surface area contributed by atoms with Gasteiger partial charge in [-0.25, -0.2) is 4.79 Å². The zero-order valence-corrected chi connectivity index (χ0v) is 9.18. The van der Waals surface area contributed by atoms with Crippen molar-refractivity contribution < 1.29 is 4.79 Å². The van der Waals surface area contributed by atoms with Gasteiger partial charge in [-0.15, -0.1) is 0 Å². The second-order valence-electron chi connectivity index (χ2n) is 4.11. The van der Waals surface area contributed by atoms with Crippen molar-refractivity contribution in [3.63, 3.8) is 0 Å². The molecular weight excluding hydrogens is 178 g/mol. The number of urea groups is 1. The van der Waals surface area contributed by atoms with Crippen LogP contribution in [0.2, 0.25) is 0 Å². The molecule has 0 aromatic heterocycles. The second-order valence-corrected chi connectivity index (χ2v) is 4.11. The quantitative estimate of drug-likeness (QED) is 0.617. The highest BCUT2D eigenvalue weighted by atomic mass is 16.2. The van der Waals surface area contributed by atoms with Gasteiger partial charge in [0.2, 0.25) is 0 Å². The molecule has 0 saturated heterocycles. The summed E-state index contributed by atoms with van der Waals surface area (Å²) in [6, 6.07) is -0.0195. The Bertz CT molecular complexity index is 178. The van der Waals surface area contributed by atoms with Gasteiger partial charge in [-0.05, 0) is 18.9 Å². The SMILES string of the molecule is CN(C)C(=O)NCCNCCC1CC1. The predicted octanol–water partition coefficient (Wildman–Crippen LogP) is 0.647. The van der Waals surface area contributed by atoms with Crippen LogP contribution in [0.1, 0.15) is 19.3 Å². The van der Waals surface area contributed by atoms with Gasteiger partial charge in [0.05, 0.1) is 0 Å². The molecule has 0 aromatic carbocycles. The lowest BCUT2D eigenvalue weighted by Crippen LogP contribution is -2.38. The first-order valence-electron chi connectivity index (χ1n) is 5.36. The minimum Gasteiger partial charge on any atom is -0.337 e. The maximum atomic E-state index is 11.1. The van der Waals surface area contributed by atoms with Crippen molar-refractivity contribution in [1.29, 1.82) is 0 Å². The van der Waals surface area contributed by atoms with E-state index in [1.165, 1.54) is 19.3 Å². The van der Waals surface area contributed by atoms with E-state index in [1.807, 2.05) is 0 Å². The van der Waals surface area contributed by atoms with E-state index in [0.29, 0.717) is 6.54 Å². The van der Waals surface area contributed by atoms with Gasteiger partial charge < -0.3 is 15.5 Å². The fraction of sp³-hybridized carbons (Fsp3) is 0.900. The molecule has 4 heteroatoms. The Labute approximate surface area is 86.0 Å². The predicted molar refractivity (Wildman–Crippen MR) is 57.3 cm³/mol. The van der Waals surface area contributed by atoms with Gasteiger partial charge in [0.1, 0.15) is 0 Å². The van der Waals surface area contributed by atoms with Gasteiger partial charge in [0.25, 0.3) is 0 Å². The number of rotatable bonds is 6. The number of amides is 2. The van der Waals surface area contributed by atoms with Crippen LogP contribution in [0.3, 0.4) is 0 Å². The van der Waals surface area contributed by atoms with Crippen LogP contribution in [0.5, 0.6) is 0 Å². The third-order valence-electron chi connectivity index (χ3n) is 2.41. The molecule has 0 spiro atoms. The summed E-state index contributed by atoms with van der Waals surface area (Å²) in [5.74, 6) is 0.985. The van der Waals surface area contributed by atoms with Crippen LogP contribution in [-0.2, 0) is 0 Å². The van der Waals surface area contributed by atoms with Gasteiger partial charge in [-0.3, -0.25) is 0 Å². The van der Waals surface area contributed by atoms with Gasteiger partial charge in [-0.1, -0.05) is 12.8 Å². The Kier molecular flexibility index (Phi) is 4.73. The Balaban J connectivity index is 1.81. The van der Waals surface area contributed by atoms with Crippen LogP contribution in [0.4, 0.5) is 4.79 Å². The summed E-state index contributed by atoms with van der Waals surface area (Å²) in [4.78, 5) is 12.6. The minimum atomic E-state index is -0.0195. The molecule has 4 nitrogen and oxygen atoms in total. The molecule has 1 aliphatic rings. The standard InChI is InChI=1S/C10H21N3O/c1-13(2)10(14)12-8-7-11-6-5-9-3-4-9/h9,11H,3-8H2,1-2H3,(H,12,14). The maximum absolute atomic E-state index is 11.1. The van der Waals surface area contributed by atoms with Gasteiger partial charge in [0.15, 0.2) is 0 Å². The van der Waals surface area contributed by atoms with Crippen LogP contribution in [0.25, 0.3) is 0 Å². The smallest absolute Gasteiger partial charge is 0.316 e. The highest BCUT2D eigenvalue weighted by Crippen LogP contribution is 2.31. The molecule has 2 N–H and O–H groups in total. The summed E-state index contributed by atoms with van der Waals surface area (Å²) in [6.07, 6.45) is 4.12. The Hall–Kier alpha value is -0.770. The summed E-state index contributed by atoms with van der Waals surface area (Å²) >= 11 is 0. The average Bonchev–Trinajstić information content (AvgIpc) is 2.94. The first-order valence-corrected chi connectivity index (χ1v) is 5.36. The number of hydrogen-bond acceptors (Lipinski definition) is 2. The molecule has 82 valence electrons. The lowest BCUT2D eigenvalue weighted by atomic mass is 10.3. The van der Waals surface area contributed by atoms with E-state index in [1.54, 1.807) is 19.0 Å². The molecule has 14 heavy (non-hydrogen) atoms. The van der Waals surface area contributed by atoms with Crippen LogP contribution in [0, 0.1) is 5.92 Å². The molecule has 1 saturated carbocycles. The highest BCUT2D eigenvalue weighted by Gasteiger charge is 2.19. The van der Waals surface area contributed by atoms with Crippen molar-refractivity contribution in [2.75, 3.05) is 33.7 Å². The molecule has 0 unspecified atom stereocenters. The zero-order valence-electron chi connectivity index (χ0n) is 9.18. The second kappa shape index (κ2) is 5.86. The number of hydrogen-bond donors (Lipinski definition) is 2. The molecule has 1 fully saturated rings. The van der Waals surface area contributed by atoms with Gasteiger partial charge in [0, 0.05) is 27.2 Å². The molecule has 2 amide bonds.